The maximum atomic E-state index is 12.2. The molecule has 0 aliphatic rings. The summed E-state index contributed by atoms with van der Waals surface area (Å²) in [5, 5.41) is 3.95. The maximum absolute atomic E-state index is 12.2. The number of carbonyl (C=O) groups is 1. The highest BCUT2D eigenvalue weighted by Gasteiger charge is 2.11. The number of ether oxygens (including phenoxy) is 2. The van der Waals surface area contributed by atoms with Crippen molar-refractivity contribution >= 4 is 34.8 Å². The highest BCUT2D eigenvalue weighted by molar-refractivity contribution is 6.31. The third-order valence-corrected chi connectivity index (χ3v) is 3.86. The van der Waals surface area contributed by atoms with Crippen LogP contribution in [0.4, 0.5) is 5.69 Å². The summed E-state index contributed by atoms with van der Waals surface area (Å²) in [5.74, 6) is 1.10. The number of likely N-dealkylation sites (N-methyl/N-ethyl adjacent to an activating group) is 1. The lowest BCUT2D eigenvalue weighted by Gasteiger charge is -2.17. The minimum atomic E-state index is -0.161. The third-order valence-electron chi connectivity index (χ3n) is 3.39. The summed E-state index contributed by atoms with van der Waals surface area (Å²) >= 11 is 11.9. The number of hydrogen-bond acceptors (Lipinski definition) is 4. The van der Waals surface area contributed by atoms with Crippen molar-refractivity contribution in [3.05, 3.63) is 52.5 Å². The SMILES string of the molecule is COc1ccc(Cl)cc1NC(=O)CN(C)CCOc1cccc(Cl)c1. The van der Waals surface area contributed by atoms with Crippen molar-refractivity contribution < 1.29 is 14.3 Å². The van der Waals surface area contributed by atoms with Crippen LogP contribution in [-0.4, -0.2) is 44.7 Å². The van der Waals surface area contributed by atoms with Crippen LogP contribution in [0.2, 0.25) is 10.0 Å². The Morgan fingerprint density at radius 2 is 1.92 bits per heavy atom. The largest absolute Gasteiger partial charge is 0.495 e. The van der Waals surface area contributed by atoms with Crippen LogP contribution in [-0.2, 0) is 4.79 Å². The molecule has 25 heavy (non-hydrogen) atoms. The Morgan fingerprint density at radius 1 is 1.16 bits per heavy atom. The van der Waals surface area contributed by atoms with E-state index in [4.69, 9.17) is 32.7 Å². The fraction of sp³-hybridized carbons (Fsp3) is 0.278. The summed E-state index contributed by atoms with van der Waals surface area (Å²) in [4.78, 5) is 14.0. The number of rotatable bonds is 8. The number of benzene rings is 2. The summed E-state index contributed by atoms with van der Waals surface area (Å²) in [6.07, 6.45) is 0. The van der Waals surface area contributed by atoms with E-state index >= 15 is 0 Å². The maximum Gasteiger partial charge on any atom is 0.238 e. The van der Waals surface area contributed by atoms with Crippen LogP contribution >= 0.6 is 23.2 Å². The second-order valence-electron chi connectivity index (χ2n) is 5.44. The van der Waals surface area contributed by atoms with Gasteiger partial charge >= 0.3 is 0 Å². The Kier molecular flexibility index (Phi) is 7.37. The standard InChI is InChI=1S/C18H20Cl2N2O3/c1-22(8-9-25-15-5-3-4-13(19)10-15)12-18(23)21-16-11-14(20)6-7-17(16)24-2/h3-7,10-11H,8-9,12H2,1-2H3,(H,21,23). The predicted molar refractivity (Wildman–Crippen MR) is 101 cm³/mol. The zero-order valence-electron chi connectivity index (χ0n) is 14.1. The molecule has 2 aromatic carbocycles. The molecule has 0 radical (unpaired) electrons. The number of amides is 1. The van der Waals surface area contributed by atoms with Gasteiger partial charge in [0.2, 0.25) is 5.91 Å². The van der Waals surface area contributed by atoms with E-state index in [1.54, 1.807) is 30.3 Å². The molecule has 0 saturated carbocycles. The molecule has 0 heterocycles. The average molecular weight is 383 g/mol. The van der Waals surface area contributed by atoms with Crippen molar-refractivity contribution in [2.24, 2.45) is 0 Å². The molecule has 0 aromatic heterocycles. The average Bonchev–Trinajstić information content (AvgIpc) is 2.55. The van der Waals surface area contributed by atoms with Crippen molar-refractivity contribution in [3.63, 3.8) is 0 Å². The quantitative estimate of drug-likeness (QED) is 0.750. The van der Waals surface area contributed by atoms with Crippen LogP contribution in [0.3, 0.4) is 0 Å². The van der Waals surface area contributed by atoms with Crippen molar-refractivity contribution in [2.75, 3.05) is 39.2 Å². The van der Waals surface area contributed by atoms with E-state index in [1.165, 1.54) is 7.11 Å². The number of methoxy groups -OCH3 is 1. The monoisotopic (exact) mass is 382 g/mol. The number of nitrogens with one attached hydrogen (secondary N) is 1. The van der Waals surface area contributed by atoms with Gasteiger partial charge in [0.05, 0.1) is 19.3 Å². The summed E-state index contributed by atoms with van der Waals surface area (Å²) in [6, 6.07) is 12.3. The molecule has 7 heteroatoms. The van der Waals surface area contributed by atoms with E-state index < -0.39 is 0 Å². The minimum Gasteiger partial charge on any atom is -0.495 e. The lowest BCUT2D eigenvalue weighted by Crippen LogP contribution is -2.33. The molecule has 1 N–H and O–H groups in total. The highest BCUT2D eigenvalue weighted by Crippen LogP contribution is 2.27. The number of hydrogen-bond donors (Lipinski definition) is 1. The van der Waals surface area contributed by atoms with Crippen LogP contribution in [0.5, 0.6) is 11.5 Å². The molecule has 0 aliphatic heterocycles. The summed E-state index contributed by atoms with van der Waals surface area (Å²) in [7, 11) is 3.38. The van der Waals surface area contributed by atoms with Crippen LogP contribution in [0.1, 0.15) is 0 Å². The molecule has 2 aromatic rings. The van der Waals surface area contributed by atoms with E-state index in [0.717, 1.165) is 0 Å². The number of nitrogens with zero attached hydrogens (tertiary/aromatic N) is 1. The fourth-order valence-corrected chi connectivity index (χ4v) is 2.52. The first-order valence-electron chi connectivity index (χ1n) is 7.68. The Labute approximate surface area is 157 Å². The van der Waals surface area contributed by atoms with E-state index in [1.807, 2.05) is 24.1 Å². The molecular formula is C18H20Cl2N2O3. The van der Waals surface area contributed by atoms with Gasteiger partial charge in [0.15, 0.2) is 0 Å². The van der Waals surface area contributed by atoms with Gasteiger partial charge in [-0.1, -0.05) is 29.3 Å². The van der Waals surface area contributed by atoms with Gasteiger partial charge in [-0.2, -0.15) is 0 Å². The van der Waals surface area contributed by atoms with Gasteiger partial charge in [-0.25, -0.2) is 0 Å². The first-order chi connectivity index (χ1) is 12.0. The zero-order chi connectivity index (χ0) is 18.2. The predicted octanol–water partition coefficient (Wildman–Crippen LogP) is 3.95. The third kappa shape index (κ3) is 6.46. The molecule has 0 saturated heterocycles. The molecule has 2 rings (SSSR count). The van der Waals surface area contributed by atoms with Gasteiger partial charge in [-0.05, 0) is 43.4 Å². The molecular weight excluding hydrogens is 363 g/mol. The van der Waals surface area contributed by atoms with Gasteiger partial charge in [0.25, 0.3) is 0 Å². The van der Waals surface area contributed by atoms with E-state index in [2.05, 4.69) is 5.32 Å². The Balaban J connectivity index is 1.79. The lowest BCUT2D eigenvalue weighted by atomic mass is 10.3. The van der Waals surface area contributed by atoms with Gasteiger partial charge in [-0.15, -0.1) is 0 Å². The molecule has 0 fully saturated rings. The van der Waals surface area contributed by atoms with Crippen LogP contribution < -0.4 is 14.8 Å². The summed E-state index contributed by atoms with van der Waals surface area (Å²) in [6.45, 7) is 1.26. The number of anilines is 1. The molecule has 0 bridgehead atoms. The van der Waals surface area contributed by atoms with E-state index in [9.17, 15) is 4.79 Å². The molecule has 134 valence electrons. The number of carbonyl (C=O) groups excluding carboxylic acids is 1. The van der Waals surface area contributed by atoms with Crippen molar-refractivity contribution in [1.82, 2.24) is 4.90 Å². The normalized spacial score (nSPS) is 10.6. The van der Waals surface area contributed by atoms with E-state index in [0.29, 0.717) is 40.4 Å². The molecule has 0 atom stereocenters. The van der Waals surface area contributed by atoms with Gasteiger partial charge in [0, 0.05) is 16.6 Å². The van der Waals surface area contributed by atoms with Crippen molar-refractivity contribution in [1.29, 1.82) is 0 Å². The Hall–Kier alpha value is -1.95. The topological polar surface area (TPSA) is 50.8 Å². The smallest absolute Gasteiger partial charge is 0.238 e. The molecule has 5 nitrogen and oxygen atoms in total. The van der Waals surface area contributed by atoms with Crippen molar-refractivity contribution in [3.8, 4) is 11.5 Å². The van der Waals surface area contributed by atoms with E-state index in [-0.39, 0.29) is 12.5 Å². The van der Waals surface area contributed by atoms with Gasteiger partial charge in [-0.3, -0.25) is 9.69 Å². The molecule has 0 unspecified atom stereocenters. The number of halogens is 2. The first-order valence-corrected chi connectivity index (χ1v) is 8.44. The van der Waals surface area contributed by atoms with Gasteiger partial charge in [0.1, 0.15) is 18.1 Å². The second kappa shape index (κ2) is 9.51. The molecule has 0 spiro atoms. The second-order valence-corrected chi connectivity index (χ2v) is 6.31. The van der Waals surface area contributed by atoms with Crippen molar-refractivity contribution in [2.45, 2.75) is 0 Å². The molecule has 0 aliphatic carbocycles. The Bertz CT molecular complexity index is 725. The highest BCUT2D eigenvalue weighted by atomic mass is 35.5. The van der Waals surface area contributed by atoms with Crippen LogP contribution in [0.25, 0.3) is 0 Å². The fourth-order valence-electron chi connectivity index (χ4n) is 2.17. The summed E-state index contributed by atoms with van der Waals surface area (Å²) < 4.78 is 10.8. The lowest BCUT2D eigenvalue weighted by molar-refractivity contribution is -0.117. The van der Waals surface area contributed by atoms with Gasteiger partial charge < -0.3 is 14.8 Å². The minimum absolute atomic E-state index is 0.161. The summed E-state index contributed by atoms with van der Waals surface area (Å²) in [5.41, 5.74) is 0.545. The Morgan fingerprint density at radius 3 is 2.64 bits per heavy atom. The molecule has 1 amide bonds. The first kappa shape index (κ1) is 19.4. The van der Waals surface area contributed by atoms with Crippen LogP contribution in [0, 0.1) is 0 Å². The van der Waals surface area contributed by atoms with Crippen LogP contribution in [0.15, 0.2) is 42.5 Å². The zero-order valence-corrected chi connectivity index (χ0v) is 15.6.